The van der Waals surface area contributed by atoms with E-state index in [0.29, 0.717) is 25.8 Å². The van der Waals surface area contributed by atoms with Gasteiger partial charge in [0.25, 0.3) is 0 Å². The molecule has 0 spiro atoms. The van der Waals surface area contributed by atoms with Crippen LogP contribution in [0.5, 0.6) is 0 Å². The number of carbonyl (C=O) groups is 2. The highest BCUT2D eigenvalue weighted by atomic mass is 32.2. The highest BCUT2D eigenvalue weighted by molar-refractivity contribution is 7.88. The summed E-state index contributed by atoms with van der Waals surface area (Å²) in [5, 5.41) is 18.7. The summed E-state index contributed by atoms with van der Waals surface area (Å²) in [7, 11) is -3.45. The van der Waals surface area contributed by atoms with Crippen LogP contribution in [-0.4, -0.2) is 77.2 Å². The number of aliphatic hydroxyl groups is 1. The standard InChI is InChI=1S/C12H22N2O6S/c1-9(16)10(11(17)18)13(8-15)7-12(2)5-4-6-14(12)21(3,19)20/h8-10,16H,4-7H2,1-3H3,(H,17,18)/t9-,10+,12+/m1/s1. The maximum atomic E-state index is 11.8. The Hall–Kier alpha value is -1.19. The van der Waals surface area contributed by atoms with Crippen LogP contribution in [0.3, 0.4) is 0 Å². The van der Waals surface area contributed by atoms with Crippen molar-refractivity contribution >= 4 is 22.4 Å². The minimum atomic E-state index is -3.45. The van der Waals surface area contributed by atoms with E-state index in [1.165, 1.54) is 11.2 Å². The molecule has 1 aliphatic rings. The van der Waals surface area contributed by atoms with E-state index in [4.69, 9.17) is 5.11 Å². The van der Waals surface area contributed by atoms with Crippen LogP contribution in [0.25, 0.3) is 0 Å². The van der Waals surface area contributed by atoms with Crippen molar-refractivity contribution in [1.29, 1.82) is 0 Å². The van der Waals surface area contributed by atoms with Crippen LogP contribution < -0.4 is 0 Å². The topological polar surface area (TPSA) is 115 Å². The van der Waals surface area contributed by atoms with Crippen LogP contribution in [-0.2, 0) is 19.6 Å². The van der Waals surface area contributed by atoms with Gasteiger partial charge in [0, 0.05) is 13.1 Å². The second kappa shape index (κ2) is 6.29. The van der Waals surface area contributed by atoms with E-state index in [1.807, 2.05) is 0 Å². The number of carboxylic acid groups (broad SMARTS) is 1. The van der Waals surface area contributed by atoms with Crippen molar-refractivity contribution in [2.24, 2.45) is 0 Å². The molecule has 1 amide bonds. The van der Waals surface area contributed by atoms with Crippen molar-refractivity contribution in [3.8, 4) is 0 Å². The average Bonchev–Trinajstić information content (AvgIpc) is 2.69. The Balaban J connectivity index is 3.04. The van der Waals surface area contributed by atoms with E-state index < -0.39 is 33.7 Å². The number of hydrogen-bond donors (Lipinski definition) is 2. The third-order valence-corrected chi connectivity index (χ3v) is 5.23. The lowest BCUT2D eigenvalue weighted by Gasteiger charge is -2.39. The normalized spacial score (nSPS) is 26.3. The predicted octanol–water partition coefficient (Wildman–Crippen LogP) is -0.907. The molecular weight excluding hydrogens is 300 g/mol. The molecule has 1 fully saturated rings. The molecule has 2 N–H and O–H groups in total. The van der Waals surface area contributed by atoms with Crippen LogP contribution in [0, 0.1) is 0 Å². The van der Waals surface area contributed by atoms with Gasteiger partial charge < -0.3 is 15.1 Å². The number of hydrogen-bond acceptors (Lipinski definition) is 5. The van der Waals surface area contributed by atoms with E-state index in [1.54, 1.807) is 6.92 Å². The molecule has 1 rings (SSSR count). The van der Waals surface area contributed by atoms with E-state index in [0.717, 1.165) is 11.2 Å². The first-order valence-electron chi connectivity index (χ1n) is 6.62. The summed E-state index contributed by atoms with van der Waals surface area (Å²) < 4.78 is 24.9. The summed E-state index contributed by atoms with van der Waals surface area (Å²) in [6, 6.07) is -1.40. The molecule has 1 heterocycles. The number of carboxylic acids is 1. The quantitative estimate of drug-likeness (QED) is 0.587. The Morgan fingerprint density at radius 2 is 2.10 bits per heavy atom. The molecule has 3 atom stereocenters. The lowest BCUT2D eigenvalue weighted by atomic mass is 9.98. The Bertz CT molecular complexity index is 506. The van der Waals surface area contributed by atoms with Crippen molar-refractivity contribution in [3.05, 3.63) is 0 Å². The van der Waals surface area contributed by atoms with Gasteiger partial charge in [-0.2, -0.15) is 4.31 Å². The van der Waals surface area contributed by atoms with E-state index in [-0.39, 0.29) is 6.54 Å². The van der Waals surface area contributed by atoms with Gasteiger partial charge in [-0.15, -0.1) is 0 Å². The summed E-state index contributed by atoms with van der Waals surface area (Å²) in [6.07, 6.45) is 1.34. The largest absolute Gasteiger partial charge is 0.480 e. The monoisotopic (exact) mass is 322 g/mol. The van der Waals surface area contributed by atoms with Gasteiger partial charge in [0.05, 0.1) is 17.9 Å². The number of nitrogens with zero attached hydrogens (tertiary/aromatic N) is 2. The molecule has 0 radical (unpaired) electrons. The molecular formula is C12H22N2O6S. The van der Waals surface area contributed by atoms with E-state index in [9.17, 15) is 23.1 Å². The van der Waals surface area contributed by atoms with Crippen LogP contribution in [0.1, 0.15) is 26.7 Å². The Morgan fingerprint density at radius 1 is 1.52 bits per heavy atom. The number of carbonyl (C=O) groups excluding carboxylic acids is 1. The Kier molecular flexibility index (Phi) is 5.35. The second-order valence-electron chi connectivity index (χ2n) is 5.74. The number of rotatable bonds is 7. The zero-order valence-corrected chi connectivity index (χ0v) is 13.2. The number of sulfonamides is 1. The zero-order valence-electron chi connectivity index (χ0n) is 12.4. The summed E-state index contributed by atoms with van der Waals surface area (Å²) in [5.41, 5.74) is -0.864. The molecule has 9 heteroatoms. The third kappa shape index (κ3) is 3.92. The molecule has 1 aliphatic heterocycles. The van der Waals surface area contributed by atoms with Crippen molar-refractivity contribution < 1.29 is 28.2 Å². The average molecular weight is 322 g/mol. The lowest BCUT2D eigenvalue weighted by Crippen LogP contribution is -2.57. The molecule has 8 nitrogen and oxygen atoms in total. The number of amides is 1. The van der Waals surface area contributed by atoms with Gasteiger partial charge in [0.1, 0.15) is 0 Å². The second-order valence-corrected chi connectivity index (χ2v) is 7.64. The third-order valence-electron chi connectivity index (χ3n) is 3.80. The molecule has 0 aromatic rings. The molecule has 0 unspecified atom stereocenters. The van der Waals surface area contributed by atoms with E-state index >= 15 is 0 Å². The Labute approximate surface area is 124 Å². The minimum Gasteiger partial charge on any atom is -0.480 e. The fraction of sp³-hybridized carbons (Fsp3) is 0.833. The van der Waals surface area contributed by atoms with Gasteiger partial charge in [0.2, 0.25) is 16.4 Å². The lowest BCUT2D eigenvalue weighted by molar-refractivity contribution is -0.151. The van der Waals surface area contributed by atoms with Crippen LogP contribution in [0.15, 0.2) is 0 Å². The highest BCUT2D eigenvalue weighted by Crippen LogP contribution is 2.32. The Morgan fingerprint density at radius 3 is 2.48 bits per heavy atom. The number of aliphatic carboxylic acids is 1. The molecule has 1 saturated heterocycles. The van der Waals surface area contributed by atoms with Gasteiger partial charge in [-0.1, -0.05) is 0 Å². The molecule has 0 saturated carbocycles. The van der Waals surface area contributed by atoms with Crippen molar-refractivity contribution in [2.45, 2.75) is 44.4 Å². The molecule has 0 aromatic heterocycles. The van der Waals surface area contributed by atoms with Gasteiger partial charge >= 0.3 is 5.97 Å². The van der Waals surface area contributed by atoms with Crippen molar-refractivity contribution in [1.82, 2.24) is 9.21 Å². The minimum absolute atomic E-state index is 0.0779. The van der Waals surface area contributed by atoms with Crippen molar-refractivity contribution in [2.75, 3.05) is 19.3 Å². The highest BCUT2D eigenvalue weighted by Gasteiger charge is 2.45. The number of aliphatic hydroxyl groups excluding tert-OH is 1. The SMILES string of the molecule is C[C@@H](O)[C@@H](C(=O)O)N(C=O)C[C@]1(C)CCCN1S(C)(=O)=O. The fourth-order valence-corrected chi connectivity index (χ4v) is 4.35. The smallest absolute Gasteiger partial charge is 0.329 e. The van der Waals surface area contributed by atoms with Gasteiger partial charge in [-0.25, -0.2) is 13.2 Å². The fourth-order valence-electron chi connectivity index (χ4n) is 2.94. The van der Waals surface area contributed by atoms with Gasteiger partial charge in [-0.3, -0.25) is 4.79 Å². The maximum absolute atomic E-state index is 11.8. The summed E-state index contributed by atoms with van der Waals surface area (Å²) >= 11 is 0. The first-order valence-corrected chi connectivity index (χ1v) is 8.47. The summed E-state index contributed by atoms with van der Waals surface area (Å²) in [5.74, 6) is -1.33. The van der Waals surface area contributed by atoms with Crippen molar-refractivity contribution in [3.63, 3.8) is 0 Å². The van der Waals surface area contributed by atoms with Crippen LogP contribution in [0.2, 0.25) is 0 Å². The molecule has 122 valence electrons. The molecule has 21 heavy (non-hydrogen) atoms. The molecule has 0 aliphatic carbocycles. The summed E-state index contributed by atoms with van der Waals surface area (Å²) in [4.78, 5) is 23.4. The molecule has 0 aromatic carbocycles. The van der Waals surface area contributed by atoms with E-state index in [2.05, 4.69) is 0 Å². The first kappa shape index (κ1) is 17.9. The predicted molar refractivity (Wildman–Crippen MR) is 75.1 cm³/mol. The van der Waals surface area contributed by atoms with Gasteiger partial charge in [-0.05, 0) is 26.7 Å². The summed E-state index contributed by atoms with van der Waals surface area (Å²) in [6.45, 7) is 3.22. The maximum Gasteiger partial charge on any atom is 0.329 e. The first-order chi connectivity index (χ1) is 9.53. The van der Waals surface area contributed by atoms with Gasteiger partial charge in [0.15, 0.2) is 6.04 Å². The molecule has 0 bridgehead atoms. The van der Waals surface area contributed by atoms with Crippen LogP contribution in [0.4, 0.5) is 0 Å². The zero-order chi connectivity index (χ0) is 16.4. The van der Waals surface area contributed by atoms with Crippen LogP contribution >= 0.6 is 0 Å².